The molecule has 1 fully saturated rings. The molecule has 3 aromatic heterocycles. The first-order valence-electron chi connectivity index (χ1n) is 15.7. The van der Waals surface area contributed by atoms with Gasteiger partial charge in [0.1, 0.15) is 11.9 Å². The van der Waals surface area contributed by atoms with Gasteiger partial charge in [0.05, 0.1) is 47.1 Å². The Morgan fingerprint density at radius 2 is 1.76 bits per heavy atom. The van der Waals surface area contributed by atoms with Crippen molar-refractivity contribution in [2.75, 3.05) is 24.4 Å². The van der Waals surface area contributed by atoms with Crippen LogP contribution in [0.15, 0.2) is 48.9 Å². The number of carbonyl (C=O) groups is 3. The number of pyridine rings is 2. The van der Waals surface area contributed by atoms with Gasteiger partial charge in [0.25, 0.3) is 0 Å². The third-order valence-corrected chi connectivity index (χ3v) is 8.75. The predicted molar refractivity (Wildman–Crippen MR) is 177 cm³/mol. The van der Waals surface area contributed by atoms with Crippen LogP contribution in [0.1, 0.15) is 80.3 Å². The van der Waals surface area contributed by atoms with Crippen LogP contribution in [-0.4, -0.2) is 52.7 Å². The molecule has 1 aromatic carbocycles. The molecule has 1 aliphatic rings. The molecule has 0 unspecified atom stereocenters. The molecule has 4 aromatic rings. The Balaban J connectivity index is 1.06. The van der Waals surface area contributed by atoms with Gasteiger partial charge in [-0.05, 0) is 75.3 Å². The van der Waals surface area contributed by atoms with Crippen molar-refractivity contribution in [2.45, 2.75) is 77.2 Å². The van der Waals surface area contributed by atoms with E-state index in [0.29, 0.717) is 40.9 Å². The van der Waals surface area contributed by atoms with Gasteiger partial charge in [0.2, 0.25) is 5.91 Å². The van der Waals surface area contributed by atoms with Gasteiger partial charge in [0.15, 0.2) is 5.13 Å². The smallest absolute Gasteiger partial charge is 0.411 e. The third-order valence-electron chi connectivity index (χ3n) is 7.82. The number of rotatable bonds is 13. The second-order valence-corrected chi connectivity index (χ2v) is 12.3. The summed E-state index contributed by atoms with van der Waals surface area (Å²) in [6, 6.07) is 9.41. The zero-order valence-corrected chi connectivity index (χ0v) is 27.0. The normalized spacial score (nSPS) is 13.3. The number of amides is 2. The van der Waals surface area contributed by atoms with Crippen molar-refractivity contribution in [1.29, 1.82) is 0 Å². The highest BCUT2D eigenvalue weighted by Crippen LogP contribution is 2.32. The maximum Gasteiger partial charge on any atom is 0.411 e. The van der Waals surface area contributed by atoms with Crippen molar-refractivity contribution in [2.24, 2.45) is 0 Å². The lowest BCUT2D eigenvalue weighted by atomic mass is 9.98. The minimum absolute atomic E-state index is 0.0245. The van der Waals surface area contributed by atoms with Crippen molar-refractivity contribution in [3.05, 3.63) is 60.2 Å². The van der Waals surface area contributed by atoms with Crippen molar-refractivity contribution < 1.29 is 28.6 Å². The van der Waals surface area contributed by atoms with Crippen molar-refractivity contribution in [3.63, 3.8) is 0 Å². The average Bonchev–Trinajstić information content (AvgIpc) is 3.47. The SMILES string of the molecule is COC(=O)c1cncc(OCCCCCCC(=O)Nc2nc3ccc(-c4cnc(C)c(NC(=O)OC5CCCCC5)c4)cc3s2)c1. The predicted octanol–water partition coefficient (Wildman–Crippen LogP) is 7.70. The number of anilines is 2. The van der Waals surface area contributed by atoms with Gasteiger partial charge in [-0.2, -0.15) is 0 Å². The zero-order chi connectivity index (χ0) is 32.3. The van der Waals surface area contributed by atoms with Crippen LogP contribution in [0.25, 0.3) is 21.3 Å². The van der Waals surface area contributed by atoms with E-state index in [-0.39, 0.29) is 12.0 Å². The summed E-state index contributed by atoms with van der Waals surface area (Å²) in [5.41, 5.74) is 4.26. The summed E-state index contributed by atoms with van der Waals surface area (Å²) in [6.07, 6.45) is 13.3. The molecular weight excluding hydrogens is 606 g/mol. The molecular formula is C34H39N5O6S. The van der Waals surface area contributed by atoms with E-state index in [0.717, 1.165) is 72.7 Å². The van der Waals surface area contributed by atoms with Gasteiger partial charge >= 0.3 is 12.1 Å². The highest BCUT2D eigenvalue weighted by molar-refractivity contribution is 7.22. The van der Waals surface area contributed by atoms with Crippen molar-refractivity contribution in [1.82, 2.24) is 15.0 Å². The van der Waals surface area contributed by atoms with E-state index in [2.05, 4.69) is 25.6 Å². The largest absolute Gasteiger partial charge is 0.492 e. The Kier molecular flexibility index (Phi) is 11.5. The van der Waals surface area contributed by atoms with Crippen LogP contribution < -0.4 is 15.4 Å². The number of esters is 1. The lowest BCUT2D eigenvalue weighted by molar-refractivity contribution is -0.116. The topological polar surface area (TPSA) is 142 Å². The summed E-state index contributed by atoms with van der Waals surface area (Å²) in [6.45, 7) is 2.35. The molecule has 0 atom stereocenters. The number of aryl methyl sites for hydroxylation is 1. The number of fused-ring (bicyclic) bond motifs is 1. The Hall–Kier alpha value is -4.58. The third kappa shape index (κ3) is 9.23. The van der Waals surface area contributed by atoms with Crippen molar-refractivity contribution in [3.8, 4) is 16.9 Å². The van der Waals surface area contributed by atoms with Crippen LogP contribution in [0, 0.1) is 6.92 Å². The molecule has 3 heterocycles. The first kappa shape index (κ1) is 32.8. The monoisotopic (exact) mass is 645 g/mol. The molecule has 0 radical (unpaired) electrons. The number of nitrogens with zero attached hydrogens (tertiary/aromatic N) is 3. The molecule has 242 valence electrons. The fourth-order valence-electron chi connectivity index (χ4n) is 5.29. The summed E-state index contributed by atoms with van der Waals surface area (Å²) in [5.74, 6) is -0.00191. The van der Waals surface area contributed by atoms with Gasteiger partial charge in [-0.15, -0.1) is 0 Å². The van der Waals surface area contributed by atoms with Crippen LogP contribution >= 0.6 is 11.3 Å². The van der Waals surface area contributed by atoms with Crippen LogP contribution in [0.2, 0.25) is 0 Å². The van der Waals surface area contributed by atoms with E-state index in [4.69, 9.17) is 14.2 Å². The maximum atomic E-state index is 12.6. The number of nitrogens with one attached hydrogen (secondary N) is 2. The minimum atomic E-state index is -0.455. The fraction of sp³-hybridized carbons (Fsp3) is 0.412. The fourth-order valence-corrected chi connectivity index (χ4v) is 6.21. The Morgan fingerprint density at radius 3 is 2.59 bits per heavy atom. The molecule has 46 heavy (non-hydrogen) atoms. The molecule has 5 rings (SSSR count). The lowest BCUT2D eigenvalue weighted by Gasteiger charge is -2.22. The number of carbonyl (C=O) groups excluding carboxylic acids is 3. The summed E-state index contributed by atoms with van der Waals surface area (Å²) in [4.78, 5) is 49.8. The summed E-state index contributed by atoms with van der Waals surface area (Å²) >= 11 is 1.42. The number of benzene rings is 1. The number of aromatic nitrogens is 3. The van der Waals surface area contributed by atoms with Crippen LogP contribution in [0.4, 0.5) is 15.6 Å². The summed E-state index contributed by atoms with van der Waals surface area (Å²) in [5, 5.41) is 6.36. The van der Waals surface area contributed by atoms with E-state index in [1.54, 1.807) is 18.5 Å². The van der Waals surface area contributed by atoms with E-state index in [1.807, 2.05) is 31.2 Å². The first-order chi connectivity index (χ1) is 22.4. The van der Waals surface area contributed by atoms with E-state index in [9.17, 15) is 14.4 Å². The molecule has 1 aliphatic carbocycles. The van der Waals surface area contributed by atoms with Crippen molar-refractivity contribution >= 4 is 50.3 Å². The highest BCUT2D eigenvalue weighted by atomic mass is 32.1. The second kappa shape index (κ2) is 16.1. The average molecular weight is 646 g/mol. The maximum absolute atomic E-state index is 12.6. The first-order valence-corrected chi connectivity index (χ1v) is 16.5. The molecule has 12 heteroatoms. The van der Waals surface area contributed by atoms with Crippen LogP contribution in [0.3, 0.4) is 0 Å². The standard InChI is InChI=1S/C34H39N5O6S/c1-22-29(38-34(42)45-26-10-6-5-7-11-26)17-24(20-36-22)23-13-14-28-30(18-23)46-33(37-28)39-31(40)12-8-3-4-9-15-44-27-16-25(19-35-21-27)32(41)43-2/h13-14,16-21,26H,3-12,15H2,1-2H3,(H,38,42)(H,37,39,40). The molecule has 0 spiro atoms. The summed E-state index contributed by atoms with van der Waals surface area (Å²) < 4.78 is 16.9. The quantitative estimate of drug-likeness (QED) is 0.110. The Morgan fingerprint density at radius 1 is 0.935 bits per heavy atom. The second-order valence-electron chi connectivity index (χ2n) is 11.3. The number of ether oxygens (including phenoxy) is 3. The van der Waals surface area contributed by atoms with Gasteiger partial charge in [0, 0.05) is 24.4 Å². The van der Waals surface area contributed by atoms with Gasteiger partial charge in [-0.3, -0.25) is 20.1 Å². The molecule has 2 amide bonds. The van der Waals surface area contributed by atoms with Crippen LogP contribution in [0.5, 0.6) is 5.75 Å². The number of unbranched alkanes of at least 4 members (excludes halogenated alkanes) is 3. The molecule has 0 aliphatic heterocycles. The number of hydrogen-bond acceptors (Lipinski definition) is 10. The van der Waals surface area contributed by atoms with Gasteiger partial charge < -0.3 is 19.5 Å². The molecule has 1 saturated carbocycles. The van der Waals surface area contributed by atoms with E-state index in [1.165, 1.54) is 31.1 Å². The lowest BCUT2D eigenvalue weighted by Crippen LogP contribution is -2.24. The van der Waals surface area contributed by atoms with E-state index < -0.39 is 12.1 Å². The minimum Gasteiger partial charge on any atom is -0.492 e. The number of hydrogen-bond donors (Lipinski definition) is 2. The number of methoxy groups -OCH3 is 1. The van der Waals surface area contributed by atoms with Gasteiger partial charge in [-0.1, -0.05) is 36.7 Å². The Labute approximate surface area is 272 Å². The number of thiazole rings is 1. The Bertz CT molecular complexity index is 1670. The zero-order valence-electron chi connectivity index (χ0n) is 26.2. The molecule has 11 nitrogen and oxygen atoms in total. The van der Waals surface area contributed by atoms with E-state index >= 15 is 0 Å². The van der Waals surface area contributed by atoms with Gasteiger partial charge in [-0.25, -0.2) is 14.6 Å². The molecule has 0 saturated heterocycles. The highest BCUT2D eigenvalue weighted by Gasteiger charge is 2.19. The summed E-state index contributed by atoms with van der Waals surface area (Å²) in [7, 11) is 1.32. The molecule has 2 N–H and O–H groups in total. The van der Waals surface area contributed by atoms with Crippen LogP contribution in [-0.2, 0) is 14.3 Å². The molecule has 0 bridgehead atoms.